The van der Waals surface area contributed by atoms with Gasteiger partial charge >= 0.3 is 59.1 Å². The first-order valence-corrected chi connectivity index (χ1v) is 17.2. The minimum Gasteiger partial charge on any atom is -0.858 e. The Morgan fingerprint density at radius 3 is 1.43 bits per heavy atom. The van der Waals surface area contributed by atoms with Gasteiger partial charge in [0.25, 0.3) is 21.9 Å². The van der Waals surface area contributed by atoms with Crippen LogP contribution in [-0.2, 0) is 20.2 Å². The van der Waals surface area contributed by atoms with E-state index >= 15 is 0 Å². The van der Waals surface area contributed by atoms with Gasteiger partial charge in [-0.25, -0.2) is 8.42 Å². The second-order valence-corrected chi connectivity index (χ2v) is 13.3. The number of nitrogens with two attached hydrogens (primary N) is 2. The molecule has 0 saturated carbocycles. The Morgan fingerprint density at radius 2 is 1.00 bits per heavy atom. The van der Waals surface area contributed by atoms with Crippen molar-refractivity contribution in [2.75, 3.05) is 22.1 Å². The number of nitrogen functional groups attached to an aromatic ring is 2. The van der Waals surface area contributed by atoms with E-state index in [1.807, 2.05) is 0 Å². The van der Waals surface area contributed by atoms with Crippen LogP contribution in [0.4, 0.5) is 39.8 Å². The summed E-state index contributed by atoms with van der Waals surface area (Å²) in [7, 11) is -10.2. The molecule has 0 aromatic heterocycles. The molecule has 0 unspecified atom stereocenters. The zero-order valence-electron chi connectivity index (χ0n) is 27.9. The van der Waals surface area contributed by atoms with Gasteiger partial charge in [-0.2, -0.15) is 8.42 Å². The minimum absolute atomic E-state index is 0. The number of carbonyl (C=O) groups excluding carboxylic acids is 2. The zero-order chi connectivity index (χ0) is 36.9. The number of carbonyl (C=O) groups is 2. The predicted octanol–water partition coefficient (Wildman–Crippen LogP) is -1.63. The van der Waals surface area contributed by atoms with Gasteiger partial charge in [0.05, 0.1) is 10.6 Å². The van der Waals surface area contributed by atoms with Crippen molar-refractivity contribution in [3.05, 3.63) is 126 Å². The predicted molar refractivity (Wildman–Crippen MR) is 185 cm³/mol. The van der Waals surface area contributed by atoms with Crippen LogP contribution in [0.1, 0.15) is 26.3 Å². The molecular formula is C33H25N7Na2O9S2. The van der Waals surface area contributed by atoms with Gasteiger partial charge in [-0.05, 0) is 109 Å². The van der Waals surface area contributed by atoms with Gasteiger partial charge < -0.3 is 31.8 Å². The van der Waals surface area contributed by atoms with Crippen LogP contribution in [0.5, 0.6) is 0 Å². The summed E-state index contributed by atoms with van der Waals surface area (Å²) >= 11 is 0. The van der Waals surface area contributed by atoms with Crippen molar-refractivity contribution in [2.45, 2.75) is 9.79 Å². The molecule has 0 heterocycles. The van der Waals surface area contributed by atoms with Crippen LogP contribution >= 0.6 is 0 Å². The summed E-state index contributed by atoms with van der Waals surface area (Å²) in [6.07, 6.45) is 0. The van der Waals surface area contributed by atoms with Crippen LogP contribution in [0, 0.1) is 0 Å². The standard InChI is InChI=1S/C33H27N7O9S2.2Na/c34-22-7-1-19(2-8-22)31(41)36-24-11-5-21(6-12-24)33(43)38-26-14-16-28(30(18-26)51(47,48)49)40-39-27-15-13-25(17-29(27)50(44,45)46)37-32(42)20-3-9-23(35)10-4-20;;/h1-18H,34-35H2,(H,36,41)(H,37,42)(H,38,43)(H,44,45,46)(H,47,48,49);;/q;2*+1/p-2. The first kappa shape index (κ1) is 42.9. The topological polar surface area (TPSA) is 282 Å². The van der Waals surface area contributed by atoms with Crippen molar-refractivity contribution in [3.63, 3.8) is 0 Å². The summed E-state index contributed by atoms with van der Waals surface area (Å²) in [6.45, 7) is 0. The Balaban J connectivity index is 0.00000378. The molecule has 2 amide bonds. The summed E-state index contributed by atoms with van der Waals surface area (Å²) in [5.74, 6) is -1.84. The van der Waals surface area contributed by atoms with E-state index in [0.717, 1.165) is 24.3 Å². The molecule has 7 N–H and O–H groups in total. The molecule has 0 aliphatic heterocycles. The third kappa shape index (κ3) is 11.5. The smallest absolute Gasteiger partial charge is 0.858 e. The molecule has 5 aromatic rings. The molecule has 0 bridgehead atoms. The Kier molecular flexibility index (Phi) is 14.6. The Labute approximate surface area is 347 Å². The number of nitrogens with one attached hydrogen (secondary N) is 2. The molecule has 0 fully saturated rings. The maximum atomic E-state index is 12.9. The summed E-state index contributed by atoms with van der Waals surface area (Å²) < 4.78 is 70.5. The molecule has 5 rings (SSSR count). The SMILES string of the molecule is Nc1ccc(C(=O)Nc2ccc(N=Nc3ccc(NC(=O)c4ccc(N=C([O-])c5ccc(N)cc5)cc4)cc3S(=O)(=O)O)c(S(=O)(=O)[O-])c2)cc1.[Na+].[Na+]. The van der Waals surface area contributed by atoms with E-state index in [0.29, 0.717) is 16.9 Å². The second kappa shape index (κ2) is 18.0. The molecule has 0 spiro atoms. The Hall–Kier alpha value is -4.47. The molecule has 0 saturated heterocycles. The van der Waals surface area contributed by atoms with Crippen LogP contribution < -0.4 is 86.3 Å². The van der Waals surface area contributed by atoms with Crippen LogP contribution in [0.15, 0.2) is 134 Å². The van der Waals surface area contributed by atoms with E-state index in [9.17, 15) is 40.6 Å². The molecule has 0 aliphatic rings. The molecule has 0 atom stereocenters. The van der Waals surface area contributed by atoms with Crippen molar-refractivity contribution in [3.8, 4) is 0 Å². The number of benzene rings is 5. The minimum atomic E-state index is -5.19. The summed E-state index contributed by atoms with van der Waals surface area (Å²) in [5.41, 5.74) is 11.9. The second-order valence-electron chi connectivity index (χ2n) is 10.6. The Morgan fingerprint density at radius 1 is 0.604 bits per heavy atom. The third-order valence-corrected chi connectivity index (χ3v) is 8.69. The first-order valence-electron chi connectivity index (χ1n) is 14.4. The maximum absolute atomic E-state index is 12.9. The molecule has 0 radical (unpaired) electrons. The van der Waals surface area contributed by atoms with Crippen molar-refractivity contribution in [1.29, 1.82) is 0 Å². The molecule has 20 heteroatoms. The van der Waals surface area contributed by atoms with Crippen LogP contribution in [0.3, 0.4) is 0 Å². The number of amides is 2. The number of anilines is 4. The Bertz CT molecular complexity index is 2430. The zero-order valence-corrected chi connectivity index (χ0v) is 33.6. The number of aliphatic imine (C=N–C) groups is 1. The third-order valence-electron chi connectivity index (χ3n) is 6.94. The quantitative estimate of drug-likeness (QED) is 0.0268. The summed E-state index contributed by atoms with van der Waals surface area (Å²) in [5, 5.41) is 24.7. The molecular weight excluding hydrogens is 749 g/mol. The van der Waals surface area contributed by atoms with Gasteiger partial charge in [0.2, 0.25) is 0 Å². The molecule has 16 nitrogen and oxygen atoms in total. The average molecular weight is 774 g/mol. The summed E-state index contributed by atoms with van der Waals surface area (Å²) in [6, 6.07) is 24.0. The number of nitrogens with zero attached hydrogens (tertiary/aromatic N) is 3. The van der Waals surface area contributed by atoms with E-state index in [4.69, 9.17) is 11.5 Å². The summed E-state index contributed by atoms with van der Waals surface area (Å²) in [4.78, 5) is 27.7. The van der Waals surface area contributed by atoms with Gasteiger partial charge in [-0.1, -0.05) is 12.1 Å². The fourth-order valence-electron chi connectivity index (χ4n) is 4.40. The molecule has 5 aromatic carbocycles. The van der Waals surface area contributed by atoms with E-state index in [-0.39, 0.29) is 87.3 Å². The van der Waals surface area contributed by atoms with Gasteiger partial charge in [-0.15, -0.1) is 10.2 Å². The first-order chi connectivity index (χ1) is 24.1. The van der Waals surface area contributed by atoms with Crippen LogP contribution in [0.25, 0.3) is 0 Å². The van der Waals surface area contributed by atoms with Crippen molar-refractivity contribution < 1.29 is 99.8 Å². The van der Waals surface area contributed by atoms with E-state index < -0.39 is 59.1 Å². The van der Waals surface area contributed by atoms with Gasteiger partial charge in [0.15, 0.2) is 0 Å². The van der Waals surface area contributed by atoms with Crippen LogP contribution in [-0.4, -0.2) is 43.7 Å². The maximum Gasteiger partial charge on any atom is 1.00 e. The monoisotopic (exact) mass is 773 g/mol. The molecule has 260 valence electrons. The van der Waals surface area contributed by atoms with Gasteiger partial charge in [0.1, 0.15) is 26.4 Å². The van der Waals surface area contributed by atoms with Crippen molar-refractivity contribution in [2.24, 2.45) is 15.2 Å². The van der Waals surface area contributed by atoms with Gasteiger partial charge in [0, 0.05) is 33.9 Å². The van der Waals surface area contributed by atoms with Crippen molar-refractivity contribution in [1.82, 2.24) is 0 Å². The van der Waals surface area contributed by atoms with E-state index in [2.05, 4.69) is 25.9 Å². The van der Waals surface area contributed by atoms with E-state index in [1.54, 1.807) is 12.1 Å². The van der Waals surface area contributed by atoms with Gasteiger partial charge in [-0.3, -0.25) is 19.1 Å². The number of hydrogen-bond acceptors (Lipinski definition) is 13. The van der Waals surface area contributed by atoms with Crippen LogP contribution in [0.2, 0.25) is 0 Å². The average Bonchev–Trinajstić information content (AvgIpc) is 3.08. The number of rotatable bonds is 10. The largest absolute Gasteiger partial charge is 1.00 e. The van der Waals surface area contributed by atoms with E-state index in [1.165, 1.54) is 72.8 Å². The molecule has 0 aliphatic carbocycles. The fraction of sp³-hybridized carbons (Fsp3) is 0. The molecule has 53 heavy (non-hydrogen) atoms. The number of azo groups is 1. The number of hydrogen-bond donors (Lipinski definition) is 5. The van der Waals surface area contributed by atoms with Crippen molar-refractivity contribution >= 4 is 77.8 Å². The normalized spacial score (nSPS) is 11.6. The fourth-order valence-corrected chi connectivity index (χ4v) is 5.68.